The Kier molecular flexibility index (Phi) is 6.70. The fraction of sp³-hybridized carbons (Fsp3) is 0.320. The molecule has 34 heavy (non-hydrogen) atoms. The van der Waals surface area contributed by atoms with Crippen molar-refractivity contribution >= 4 is 22.6 Å². The van der Waals surface area contributed by atoms with Crippen LogP contribution in [0.15, 0.2) is 37.1 Å². The van der Waals surface area contributed by atoms with Crippen molar-refractivity contribution in [1.29, 1.82) is 0 Å². The summed E-state index contributed by atoms with van der Waals surface area (Å²) in [4.78, 5) is 18.2. The fourth-order valence-electron chi connectivity index (χ4n) is 4.15. The van der Waals surface area contributed by atoms with Crippen LogP contribution in [0.1, 0.15) is 29.3 Å². The van der Waals surface area contributed by atoms with E-state index in [1.165, 1.54) is 6.08 Å². The second kappa shape index (κ2) is 9.85. The van der Waals surface area contributed by atoms with Gasteiger partial charge in [0.05, 0.1) is 37.8 Å². The molecule has 1 fully saturated rings. The maximum Gasteiger partial charge on any atom is 0.246 e. The molecular formula is C25H27N5O4. The smallest absolute Gasteiger partial charge is 0.246 e. The van der Waals surface area contributed by atoms with Crippen LogP contribution in [0.4, 0.5) is 5.82 Å². The van der Waals surface area contributed by atoms with Gasteiger partial charge < -0.3 is 24.8 Å². The SMILES string of the molecule is C=CC(=O)N1CCC(n2nc(C#Cc3cc(OC)cc(OC)c3)c3c(N)ncc(COC)c32)C1. The second-order valence-electron chi connectivity index (χ2n) is 7.90. The van der Waals surface area contributed by atoms with Crippen LogP contribution < -0.4 is 15.2 Å². The highest BCUT2D eigenvalue weighted by molar-refractivity contribution is 5.95. The number of ether oxygens (including phenoxy) is 3. The number of carbonyl (C=O) groups is 1. The summed E-state index contributed by atoms with van der Waals surface area (Å²) in [6.07, 6.45) is 3.79. The van der Waals surface area contributed by atoms with Crippen molar-refractivity contribution in [2.45, 2.75) is 19.1 Å². The van der Waals surface area contributed by atoms with E-state index in [4.69, 9.17) is 25.0 Å². The molecule has 0 spiro atoms. The molecule has 1 amide bonds. The van der Waals surface area contributed by atoms with Gasteiger partial charge in [-0.2, -0.15) is 5.10 Å². The Bertz CT molecular complexity index is 1280. The first kappa shape index (κ1) is 23.1. The molecule has 0 radical (unpaired) electrons. The van der Waals surface area contributed by atoms with Crippen LogP contribution in [0.25, 0.3) is 10.9 Å². The van der Waals surface area contributed by atoms with Gasteiger partial charge in [0.15, 0.2) is 0 Å². The first-order valence-electron chi connectivity index (χ1n) is 10.8. The van der Waals surface area contributed by atoms with Crippen molar-refractivity contribution in [3.63, 3.8) is 0 Å². The summed E-state index contributed by atoms with van der Waals surface area (Å²) in [6.45, 7) is 5.09. The fourth-order valence-corrected chi connectivity index (χ4v) is 4.15. The summed E-state index contributed by atoms with van der Waals surface area (Å²) in [5, 5.41) is 5.51. The number of benzene rings is 1. The maximum absolute atomic E-state index is 12.1. The number of aromatic nitrogens is 3. The number of amides is 1. The van der Waals surface area contributed by atoms with Gasteiger partial charge in [0, 0.05) is 43.6 Å². The number of fused-ring (bicyclic) bond motifs is 1. The summed E-state index contributed by atoms with van der Waals surface area (Å²) >= 11 is 0. The third kappa shape index (κ3) is 4.40. The van der Waals surface area contributed by atoms with Crippen LogP contribution in [-0.4, -0.2) is 60.0 Å². The number of nitrogens with two attached hydrogens (primary N) is 1. The summed E-state index contributed by atoms with van der Waals surface area (Å²) in [5.74, 6) is 7.82. The molecule has 1 aliphatic rings. The zero-order valence-corrected chi connectivity index (χ0v) is 19.5. The largest absolute Gasteiger partial charge is 0.497 e. The predicted octanol–water partition coefficient (Wildman–Crippen LogP) is 2.54. The van der Waals surface area contributed by atoms with Gasteiger partial charge in [0.2, 0.25) is 5.91 Å². The standard InChI is InChI=1S/C25H27N5O4/c1-5-22(31)29-9-8-18(14-29)30-24-17(15-32-2)13-27-25(26)23(24)21(28-30)7-6-16-10-19(33-3)12-20(11-16)34-4/h5,10-13,18H,1,8-9,14-15H2,2-4H3,(H2,26,27). The van der Waals surface area contributed by atoms with Gasteiger partial charge in [0.1, 0.15) is 23.0 Å². The van der Waals surface area contributed by atoms with Gasteiger partial charge in [-0.25, -0.2) is 4.98 Å². The molecule has 4 rings (SSSR count). The van der Waals surface area contributed by atoms with Gasteiger partial charge in [0.25, 0.3) is 0 Å². The highest BCUT2D eigenvalue weighted by Crippen LogP contribution is 2.32. The van der Waals surface area contributed by atoms with Crippen molar-refractivity contribution < 1.29 is 19.0 Å². The number of likely N-dealkylation sites (tertiary alicyclic amines) is 1. The Morgan fingerprint density at radius 1 is 1.24 bits per heavy atom. The van der Waals surface area contributed by atoms with Gasteiger partial charge in [-0.3, -0.25) is 9.48 Å². The molecule has 3 heterocycles. The molecule has 0 bridgehead atoms. The molecule has 2 N–H and O–H groups in total. The number of nitrogens with zero attached hydrogens (tertiary/aromatic N) is 4. The van der Waals surface area contributed by atoms with E-state index in [-0.39, 0.29) is 11.9 Å². The van der Waals surface area contributed by atoms with E-state index in [2.05, 4.69) is 23.4 Å². The van der Waals surface area contributed by atoms with Crippen LogP contribution in [0.5, 0.6) is 11.5 Å². The summed E-state index contributed by atoms with van der Waals surface area (Å²) < 4.78 is 18.0. The molecular weight excluding hydrogens is 434 g/mol. The number of rotatable bonds is 6. The first-order chi connectivity index (χ1) is 16.5. The average molecular weight is 462 g/mol. The molecule has 1 atom stereocenters. The van der Waals surface area contributed by atoms with E-state index in [0.29, 0.717) is 53.7 Å². The van der Waals surface area contributed by atoms with Gasteiger partial charge >= 0.3 is 0 Å². The zero-order chi connectivity index (χ0) is 24.2. The van der Waals surface area contributed by atoms with E-state index in [1.54, 1.807) is 38.5 Å². The van der Waals surface area contributed by atoms with Crippen molar-refractivity contribution in [2.75, 3.05) is 40.2 Å². The summed E-state index contributed by atoms with van der Waals surface area (Å²) in [5.41, 5.74) is 9.19. The van der Waals surface area contributed by atoms with E-state index in [1.807, 2.05) is 16.8 Å². The van der Waals surface area contributed by atoms with Crippen molar-refractivity contribution in [1.82, 2.24) is 19.7 Å². The zero-order valence-electron chi connectivity index (χ0n) is 19.5. The monoisotopic (exact) mass is 461 g/mol. The normalized spacial score (nSPS) is 15.1. The molecule has 1 aliphatic heterocycles. The second-order valence-corrected chi connectivity index (χ2v) is 7.90. The first-order valence-corrected chi connectivity index (χ1v) is 10.8. The Balaban J connectivity index is 1.83. The van der Waals surface area contributed by atoms with Crippen molar-refractivity contribution in [2.24, 2.45) is 0 Å². The van der Waals surface area contributed by atoms with Crippen molar-refractivity contribution in [3.8, 4) is 23.3 Å². The minimum atomic E-state index is -0.0933. The molecule has 1 unspecified atom stereocenters. The molecule has 176 valence electrons. The molecule has 1 aromatic carbocycles. The lowest BCUT2D eigenvalue weighted by atomic mass is 10.1. The number of hydrogen-bond donors (Lipinski definition) is 1. The molecule has 0 saturated carbocycles. The summed E-state index contributed by atoms with van der Waals surface area (Å²) in [7, 11) is 4.81. The van der Waals surface area contributed by atoms with Crippen LogP contribution in [-0.2, 0) is 16.1 Å². The number of anilines is 1. The Labute approximate surface area is 198 Å². The Morgan fingerprint density at radius 2 is 1.97 bits per heavy atom. The number of hydrogen-bond acceptors (Lipinski definition) is 7. The lowest BCUT2D eigenvalue weighted by molar-refractivity contribution is -0.125. The lowest BCUT2D eigenvalue weighted by Gasteiger charge is -2.16. The molecule has 1 saturated heterocycles. The average Bonchev–Trinajstić information content (AvgIpc) is 3.49. The highest BCUT2D eigenvalue weighted by atomic mass is 16.5. The molecule has 9 nitrogen and oxygen atoms in total. The lowest BCUT2D eigenvalue weighted by Crippen LogP contribution is -2.27. The number of carbonyl (C=O) groups excluding carboxylic acids is 1. The maximum atomic E-state index is 12.1. The Morgan fingerprint density at radius 3 is 2.62 bits per heavy atom. The third-order valence-electron chi connectivity index (χ3n) is 5.80. The van der Waals surface area contributed by atoms with Crippen LogP contribution in [0.2, 0.25) is 0 Å². The van der Waals surface area contributed by atoms with Gasteiger partial charge in [-0.1, -0.05) is 12.5 Å². The topological polar surface area (TPSA) is 105 Å². The van der Waals surface area contributed by atoms with E-state index >= 15 is 0 Å². The van der Waals surface area contributed by atoms with Crippen LogP contribution >= 0.6 is 0 Å². The van der Waals surface area contributed by atoms with Crippen LogP contribution in [0.3, 0.4) is 0 Å². The number of methoxy groups -OCH3 is 3. The van der Waals surface area contributed by atoms with E-state index in [0.717, 1.165) is 17.5 Å². The molecule has 0 aliphatic carbocycles. The quantitative estimate of drug-likeness (QED) is 0.444. The molecule has 9 heteroatoms. The number of nitrogen functional groups attached to an aromatic ring is 1. The van der Waals surface area contributed by atoms with Gasteiger partial charge in [-0.05, 0) is 30.6 Å². The Hall–Kier alpha value is -4.03. The van der Waals surface area contributed by atoms with E-state index < -0.39 is 0 Å². The molecule has 3 aromatic rings. The van der Waals surface area contributed by atoms with Gasteiger partial charge in [-0.15, -0.1) is 0 Å². The molecule has 2 aromatic heterocycles. The predicted molar refractivity (Wildman–Crippen MR) is 129 cm³/mol. The van der Waals surface area contributed by atoms with Crippen molar-refractivity contribution in [3.05, 3.63) is 53.9 Å². The van der Waals surface area contributed by atoms with Crippen LogP contribution in [0, 0.1) is 11.8 Å². The minimum absolute atomic E-state index is 0.0312. The number of pyridine rings is 1. The highest BCUT2D eigenvalue weighted by Gasteiger charge is 2.30. The minimum Gasteiger partial charge on any atom is -0.497 e. The van der Waals surface area contributed by atoms with E-state index in [9.17, 15) is 4.79 Å². The third-order valence-corrected chi connectivity index (χ3v) is 5.80. The summed E-state index contributed by atoms with van der Waals surface area (Å²) in [6, 6.07) is 5.39.